The number of carbonyl (C=O) groups excluding carboxylic acids is 1. The van der Waals surface area contributed by atoms with Gasteiger partial charge in [0.1, 0.15) is 17.3 Å². The van der Waals surface area contributed by atoms with Gasteiger partial charge in [-0.15, -0.1) is 13.2 Å². The molecule has 0 fully saturated rings. The van der Waals surface area contributed by atoms with Gasteiger partial charge in [-0.2, -0.15) is 0 Å². The van der Waals surface area contributed by atoms with E-state index in [0.717, 1.165) is 12.1 Å². The fourth-order valence-corrected chi connectivity index (χ4v) is 2.43. The Balaban J connectivity index is 1.65. The molecule has 26 heavy (non-hydrogen) atoms. The topological polar surface area (TPSA) is 64.6 Å². The number of halogens is 3. The maximum Gasteiger partial charge on any atom is 0.573 e. The van der Waals surface area contributed by atoms with E-state index in [-0.39, 0.29) is 18.0 Å². The summed E-state index contributed by atoms with van der Waals surface area (Å²) in [5, 5.41) is 2.72. The molecule has 3 rings (SSSR count). The molecule has 1 N–H and O–H groups in total. The van der Waals surface area contributed by atoms with Crippen LogP contribution in [0.4, 0.5) is 13.2 Å². The number of carbonyl (C=O) groups is 1. The summed E-state index contributed by atoms with van der Waals surface area (Å²) < 4.78 is 51.0. The third-order valence-electron chi connectivity index (χ3n) is 3.59. The first kappa shape index (κ1) is 17.7. The highest BCUT2D eigenvalue weighted by Gasteiger charge is 2.31. The molecule has 0 unspecified atom stereocenters. The van der Waals surface area contributed by atoms with Gasteiger partial charge in [0.25, 0.3) is 5.91 Å². The van der Waals surface area contributed by atoms with Crippen LogP contribution in [0.3, 0.4) is 0 Å². The van der Waals surface area contributed by atoms with Crippen molar-refractivity contribution in [3.05, 3.63) is 78.1 Å². The van der Waals surface area contributed by atoms with Gasteiger partial charge in [0, 0.05) is 12.1 Å². The fraction of sp³-hybridized carbons (Fsp3) is 0.167. The number of benzene rings is 1. The van der Waals surface area contributed by atoms with Crippen LogP contribution in [0.1, 0.15) is 27.8 Å². The van der Waals surface area contributed by atoms with Crippen LogP contribution in [0.2, 0.25) is 0 Å². The second kappa shape index (κ2) is 7.38. The summed E-state index contributed by atoms with van der Waals surface area (Å²) in [6.07, 6.45) is -1.73. The first-order valence-corrected chi connectivity index (χ1v) is 7.63. The highest BCUT2D eigenvalue weighted by molar-refractivity contribution is 5.94. The Bertz CT molecular complexity index is 790. The molecule has 2 aromatic heterocycles. The second-order valence-electron chi connectivity index (χ2n) is 5.37. The highest BCUT2D eigenvalue weighted by atomic mass is 19.4. The number of alkyl halides is 3. The lowest BCUT2D eigenvalue weighted by Crippen LogP contribution is -2.28. The summed E-state index contributed by atoms with van der Waals surface area (Å²) in [6, 6.07) is 11.7. The molecular weight excluding hydrogens is 351 g/mol. The quantitative estimate of drug-likeness (QED) is 0.706. The van der Waals surface area contributed by atoms with E-state index in [4.69, 9.17) is 8.83 Å². The highest BCUT2D eigenvalue weighted by Crippen LogP contribution is 2.25. The van der Waals surface area contributed by atoms with Crippen LogP contribution in [0.5, 0.6) is 5.75 Å². The molecule has 3 aromatic rings. The number of furan rings is 2. The molecule has 0 aliphatic carbocycles. The van der Waals surface area contributed by atoms with Crippen LogP contribution in [0.25, 0.3) is 0 Å². The first-order chi connectivity index (χ1) is 12.4. The van der Waals surface area contributed by atoms with Crippen molar-refractivity contribution in [2.45, 2.75) is 12.3 Å². The Kier molecular flexibility index (Phi) is 5.01. The summed E-state index contributed by atoms with van der Waals surface area (Å²) in [7, 11) is 0. The van der Waals surface area contributed by atoms with Crippen molar-refractivity contribution in [1.82, 2.24) is 5.32 Å². The van der Waals surface area contributed by atoms with Crippen molar-refractivity contribution in [1.29, 1.82) is 0 Å². The molecule has 0 saturated heterocycles. The van der Waals surface area contributed by atoms with E-state index in [1.54, 1.807) is 24.3 Å². The third kappa shape index (κ3) is 4.47. The summed E-state index contributed by atoms with van der Waals surface area (Å²) in [5.74, 6) is 0.0879. The Labute approximate surface area is 146 Å². The SMILES string of the molecule is O=C(NCC(c1ccco1)c1ccco1)c1ccc(OC(F)(F)F)cc1. The van der Waals surface area contributed by atoms with Crippen LogP contribution in [-0.2, 0) is 0 Å². The van der Waals surface area contributed by atoms with Crippen molar-refractivity contribution in [2.24, 2.45) is 0 Å². The zero-order valence-electron chi connectivity index (χ0n) is 13.3. The standard InChI is InChI=1S/C18H14F3NO4/c19-18(20,21)26-13-7-5-12(6-8-13)17(23)22-11-14(15-3-1-9-24-15)16-4-2-10-25-16/h1-10,14H,11H2,(H,22,23). The first-order valence-electron chi connectivity index (χ1n) is 7.63. The van der Waals surface area contributed by atoms with Gasteiger partial charge in [-0.1, -0.05) is 0 Å². The maximum absolute atomic E-state index is 12.2. The van der Waals surface area contributed by atoms with Crippen molar-refractivity contribution < 1.29 is 31.5 Å². The molecule has 136 valence electrons. The number of hydrogen-bond donors (Lipinski definition) is 1. The summed E-state index contributed by atoms with van der Waals surface area (Å²) in [4.78, 5) is 12.2. The number of nitrogens with one attached hydrogen (secondary N) is 1. The van der Waals surface area contributed by atoms with Gasteiger partial charge in [-0.05, 0) is 48.5 Å². The zero-order chi connectivity index (χ0) is 18.6. The maximum atomic E-state index is 12.2. The van der Waals surface area contributed by atoms with Gasteiger partial charge in [-0.25, -0.2) is 0 Å². The number of amides is 1. The van der Waals surface area contributed by atoms with Crippen LogP contribution in [-0.4, -0.2) is 18.8 Å². The average molecular weight is 365 g/mol. The minimum absolute atomic E-state index is 0.195. The predicted octanol–water partition coefficient (Wildman–Crippen LogP) is 4.33. The largest absolute Gasteiger partial charge is 0.573 e. The van der Waals surface area contributed by atoms with Crippen molar-refractivity contribution in [3.8, 4) is 5.75 Å². The summed E-state index contributed by atoms with van der Waals surface area (Å²) in [5.41, 5.74) is 0.206. The van der Waals surface area contributed by atoms with E-state index in [2.05, 4.69) is 10.1 Å². The zero-order valence-corrected chi connectivity index (χ0v) is 13.3. The molecule has 0 aliphatic rings. The number of hydrogen-bond acceptors (Lipinski definition) is 4. The van der Waals surface area contributed by atoms with E-state index in [9.17, 15) is 18.0 Å². The molecule has 0 saturated carbocycles. The van der Waals surface area contributed by atoms with Gasteiger partial charge in [-0.3, -0.25) is 4.79 Å². The van der Waals surface area contributed by atoms with E-state index in [1.807, 2.05) is 0 Å². The van der Waals surface area contributed by atoms with Crippen LogP contribution >= 0.6 is 0 Å². The normalized spacial score (nSPS) is 11.5. The lowest BCUT2D eigenvalue weighted by molar-refractivity contribution is -0.274. The van der Waals surface area contributed by atoms with Gasteiger partial charge in [0.2, 0.25) is 0 Å². The molecule has 1 aromatic carbocycles. The molecule has 5 nitrogen and oxygen atoms in total. The van der Waals surface area contributed by atoms with Crippen LogP contribution in [0.15, 0.2) is 69.9 Å². The van der Waals surface area contributed by atoms with Crippen LogP contribution < -0.4 is 10.1 Å². The lowest BCUT2D eigenvalue weighted by Gasteiger charge is -2.14. The van der Waals surface area contributed by atoms with Crippen molar-refractivity contribution in [3.63, 3.8) is 0 Å². The Morgan fingerprint density at radius 3 is 2.04 bits per heavy atom. The molecule has 0 aliphatic heterocycles. The summed E-state index contributed by atoms with van der Waals surface area (Å²) in [6.45, 7) is 0.195. The molecule has 0 spiro atoms. The molecule has 0 radical (unpaired) electrons. The molecular formula is C18H14F3NO4. The van der Waals surface area contributed by atoms with Gasteiger partial charge < -0.3 is 18.9 Å². The minimum atomic E-state index is -4.77. The molecule has 0 atom stereocenters. The smallest absolute Gasteiger partial charge is 0.469 e. The Morgan fingerprint density at radius 2 is 1.58 bits per heavy atom. The van der Waals surface area contributed by atoms with Gasteiger partial charge in [0.05, 0.1) is 18.4 Å². The lowest BCUT2D eigenvalue weighted by atomic mass is 10.0. The van der Waals surface area contributed by atoms with E-state index < -0.39 is 18.0 Å². The molecule has 2 heterocycles. The monoisotopic (exact) mass is 365 g/mol. The number of rotatable bonds is 6. The van der Waals surface area contributed by atoms with E-state index in [1.165, 1.54) is 24.7 Å². The Hall–Kier alpha value is -3.16. The third-order valence-corrected chi connectivity index (χ3v) is 3.59. The fourth-order valence-electron chi connectivity index (χ4n) is 2.43. The van der Waals surface area contributed by atoms with Crippen molar-refractivity contribution >= 4 is 5.91 Å². The van der Waals surface area contributed by atoms with E-state index in [0.29, 0.717) is 11.5 Å². The van der Waals surface area contributed by atoms with Crippen molar-refractivity contribution in [2.75, 3.05) is 6.54 Å². The van der Waals surface area contributed by atoms with Gasteiger partial charge in [0.15, 0.2) is 0 Å². The Morgan fingerprint density at radius 1 is 1.00 bits per heavy atom. The molecule has 1 amide bonds. The summed E-state index contributed by atoms with van der Waals surface area (Å²) >= 11 is 0. The van der Waals surface area contributed by atoms with E-state index >= 15 is 0 Å². The molecule has 8 heteroatoms. The van der Waals surface area contributed by atoms with Crippen LogP contribution in [0, 0.1) is 0 Å². The molecule has 0 bridgehead atoms. The van der Waals surface area contributed by atoms with Gasteiger partial charge >= 0.3 is 6.36 Å². The number of ether oxygens (including phenoxy) is 1. The second-order valence-corrected chi connectivity index (χ2v) is 5.37. The predicted molar refractivity (Wildman–Crippen MR) is 84.7 cm³/mol. The minimum Gasteiger partial charge on any atom is -0.469 e. The average Bonchev–Trinajstić information content (AvgIpc) is 3.28.